The van der Waals surface area contributed by atoms with E-state index < -0.39 is 5.76 Å². The Hall–Kier alpha value is -0.810. The van der Waals surface area contributed by atoms with Crippen LogP contribution < -0.4 is 10.2 Å². The number of rotatable bonds is 3. The molecule has 1 atom stereocenters. The molecule has 0 bridgehead atoms. The third-order valence-corrected chi connectivity index (χ3v) is 3.57. The molecule has 1 aromatic carbocycles. The van der Waals surface area contributed by atoms with Crippen molar-refractivity contribution in [1.82, 2.24) is 5.32 Å². The van der Waals surface area contributed by atoms with Gasteiger partial charge in [0.05, 0.1) is 5.69 Å². The fourth-order valence-corrected chi connectivity index (χ4v) is 2.73. The van der Waals surface area contributed by atoms with Gasteiger partial charge in [-0.1, -0.05) is 23.9 Å². The molecule has 1 heterocycles. The van der Waals surface area contributed by atoms with Gasteiger partial charge >= 0.3 is 0 Å². The molecular formula is C12H16F2N2S. The molecule has 0 spiro atoms. The normalized spacial score (nSPS) is 20.9. The summed E-state index contributed by atoms with van der Waals surface area (Å²) in [6.07, 6.45) is 0. The molecule has 0 radical (unpaired) electrons. The van der Waals surface area contributed by atoms with Gasteiger partial charge in [0.2, 0.25) is 0 Å². The van der Waals surface area contributed by atoms with Gasteiger partial charge in [-0.25, -0.2) is 0 Å². The summed E-state index contributed by atoms with van der Waals surface area (Å²) >= 11 is 0.625. The van der Waals surface area contributed by atoms with Crippen molar-refractivity contribution in [2.45, 2.75) is 23.6 Å². The largest absolute Gasteiger partial charge is 0.368 e. The fraction of sp³-hybridized carbons (Fsp3) is 0.500. The quantitative estimate of drug-likeness (QED) is 0.839. The number of piperazine rings is 1. The number of hydrogen-bond acceptors (Lipinski definition) is 3. The number of nitrogens with zero attached hydrogens (tertiary/aromatic N) is 1. The van der Waals surface area contributed by atoms with Crippen LogP contribution in [0.2, 0.25) is 0 Å². The second-order valence-corrected chi connectivity index (χ2v) is 5.18. The van der Waals surface area contributed by atoms with E-state index in [4.69, 9.17) is 0 Å². The van der Waals surface area contributed by atoms with Crippen molar-refractivity contribution in [3.8, 4) is 0 Å². The summed E-state index contributed by atoms with van der Waals surface area (Å²) in [7, 11) is 0. The molecule has 2 nitrogen and oxygen atoms in total. The molecular weight excluding hydrogens is 242 g/mol. The van der Waals surface area contributed by atoms with Crippen molar-refractivity contribution >= 4 is 17.4 Å². The maximum atomic E-state index is 12.5. The number of hydrogen-bond donors (Lipinski definition) is 1. The third-order valence-electron chi connectivity index (χ3n) is 2.79. The van der Waals surface area contributed by atoms with Gasteiger partial charge in [0, 0.05) is 30.6 Å². The smallest absolute Gasteiger partial charge is 0.288 e. The lowest BCUT2D eigenvalue weighted by atomic mass is 10.2. The minimum Gasteiger partial charge on any atom is -0.368 e. The molecule has 5 heteroatoms. The predicted molar refractivity (Wildman–Crippen MR) is 68.0 cm³/mol. The number of anilines is 1. The molecule has 1 aromatic rings. The van der Waals surface area contributed by atoms with E-state index in [1.807, 2.05) is 12.1 Å². The summed E-state index contributed by atoms with van der Waals surface area (Å²) in [6, 6.07) is 7.78. The van der Waals surface area contributed by atoms with Crippen LogP contribution in [0.25, 0.3) is 0 Å². The van der Waals surface area contributed by atoms with Crippen molar-refractivity contribution in [3.63, 3.8) is 0 Å². The van der Waals surface area contributed by atoms with Gasteiger partial charge in [-0.3, -0.25) is 0 Å². The van der Waals surface area contributed by atoms with Crippen molar-refractivity contribution in [2.24, 2.45) is 0 Å². The Kier molecular flexibility index (Phi) is 4.23. The summed E-state index contributed by atoms with van der Waals surface area (Å²) < 4.78 is 25.0. The Morgan fingerprint density at radius 1 is 1.41 bits per heavy atom. The molecule has 2 rings (SSSR count). The van der Waals surface area contributed by atoms with Crippen LogP contribution in [0.5, 0.6) is 0 Å². The van der Waals surface area contributed by atoms with E-state index in [0.717, 1.165) is 25.3 Å². The first kappa shape index (κ1) is 12.6. The highest BCUT2D eigenvalue weighted by Gasteiger charge is 2.19. The molecule has 1 unspecified atom stereocenters. The number of thioether (sulfide) groups is 1. The molecule has 1 N–H and O–H groups in total. The van der Waals surface area contributed by atoms with Gasteiger partial charge < -0.3 is 10.2 Å². The van der Waals surface area contributed by atoms with Crippen LogP contribution in [0.1, 0.15) is 6.92 Å². The van der Waals surface area contributed by atoms with Crippen molar-refractivity contribution < 1.29 is 8.78 Å². The highest BCUT2D eigenvalue weighted by atomic mass is 32.2. The zero-order valence-electron chi connectivity index (χ0n) is 9.70. The Morgan fingerprint density at radius 2 is 2.18 bits per heavy atom. The van der Waals surface area contributed by atoms with Crippen LogP contribution in [0.4, 0.5) is 14.5 Å². The van der Waals surface area contributed by atoms with Gasteiger partial charge in [0.1, 0.15) is 0 Å². The molecule has 0 saturated carbocycles. The lowest BCUT2D eigenvalue weighted by Gasteiger charge is -2.34. The first-order valence-electron chi connectivity index (χ1n) is 5.69. The van der Waals surface area contributed by atoms with Gasteiger partial charge in [-0.05, 0) is 19.1 Å². The first-order valence-corrected chi connectivity index (χ1v) is 6.57. The molecule has 1 saturated heterocycles. The lowest BCUT2D eigenvalue weighted by molar-refractivity contribution is 0.252. The molecule has 0 amide bonds. The number of alkyl halides is 2. The number of benzene rings is 1. The second-order valence-electron chi connectivity index (χ2n) is 4.15. The van der Waals surface area contributed by atoms with Gasteiger partial charge in [-0.2, -0.15) is 8.78 Å². The average Bonchev–Trinajstić information content (AvgIpc) is 2.29. The van der Waals surface area contributed by atoms with Gasteiger partial charge in [0.15, 0.2) is 0 Å². The van der Waals surface area contributed by atoms with E-state index in [1.54, 1.807) is 12.1 Å². The number of para-hydroxylation sites is 1. The second kappa shape index (κ2) is 5.69. The molecule has 0 aromatic heterocycles. The maximum absolute atomic E-state index is 12.5. The standard InChI is InChI=1S/C12H16F2N2S/c1-9-8-16(7-6-15-9)10-4-2-3-5-11(10)17-12(13)14/h2-5,9,12,15H,6-8H2,1H3. The molecule has 17 heavy (non-hydrogen) atoms. The Balaban J connectivity index is 2.18. The van der Waals surface area contributed by atoms with Crippen LogP contribution in [-0.2, 0) is 0 Å². The zero-order chi connectivity index (χ0) is 12.3. The number of nitrogens with one attached hydrogen (secondary N) is 1. The van der Waals surface area contributed by atoms with Crippen LogP contribution in [0, 0.1) is 0 Å². The van der Waals surface area contributed by atoms with E-state index in [-0.39, 0.29) is 0 Å². The van der Waals surface area contributed by atoms with E-state index >= 15 is 0 Å². The minimum absolute atomic E-state index is 0.397. The van der Waals surface area contributed by atoms with E-state index in [1.165, 1.54) is 0 Å². The van der Waals surface area contributed by atoms with Crippen molar-refractivity contribution in [1.29, 1.82) is 0 Å². The van der Waals surface area contributed by atoms with E-state index in [9.17, 15) is 8.78 Å². The van der Waals surface area contributed by atoms with Crippen molar-refractivity contribution in [3.05, 3.63) is 24.3 Å². The lowest BCUT2D eigenvalue weighted by Crippen LogP contribution is -2.49. The molecule has 1 fully saturated rings. The zero-order valence-corrected chi connectivity index (χ0v) is 10.5. The van der Waals surface area contributed by atoms with Crippen LogP contribution in [0.3, 0.4) is 0 Å². The summed E-state index contributed by atoms with van der Waals surface area (Å²) in [4.78, 5) is 2.84. The summed E-state index contributed by atoms with van der Waals surface area (Å²) in [5, 5.41) is 3.35. The molecule has 1 aliphatic heterocycles. The van der Waals surface area contributed by atoms with Gasteiger partial charge in [0.25, 0.3) is 5.76 Å². The summed E-state index contributed by atoms with van der Waals surface area (Å²) in [5.74, 6) is -2.36. The Bertz CT molecular complexity index is 373. The third kappa shape index (κ3) is 3.33. The first-order chi connectivity index (χ1) is 8.16. The maximum Gasteiger partial charge on any atom is 0.288 e. The molecule has 0 aliphatic carbocycles. The minimum atomic E-state index is -2.36. The average molecular weight is 258 g/mol. The van der Waals surface area contributed by atoms with Crippen molar-refractivity contribution in [2.75, 3.05) is 24.5 Å². The highest BCUT2D eigenvalue weighted by molar-refractivity contribution is 7.99. The van der Waals surface area contributed by atoms with Crippen LogP contribution in [0.15, 0.2) is 29.2 Å². The molecule has 94 valence electrons. The number of halogens is 2. The molecule has 1 aliphatic rings. The SMILES string of the molecule is CC1CN(c2ccccc2SC(F)F)CCN1. The fourth-order valence-electron chi connectivity index (χ4n) is 2.07. The predicted octanol–water partition coefficient (Wildman–Crippen LogP) is 2.80. The summed E-state index contributed by atoms with van der Waals surface area (Å²) in [5.41, 5.74) is 0.922. The van der Waals surface area contributed by atoms with Crippen LogP contribution >= 0.6 is 11.8 Å². The topological polar surface area (TPSA) is 15.3 Å². The Labute approximate surface area is 104 Å². The highest BCUT2D eigenvalue weighted by Crippen LogP contribution is 2.34. The van der Waals surface area contributed by atoms with Crippen LogP contribution in [-0.4, -0.2) is 31.4 Å². The Morgan fingerprint density at radius 3 is 2.88 bits per heavy atom. The van der Waals surface area contributed by atoms with E-state index in [2.05, 4.69) is 17.1 Å². The summed E-state index contributed by atoms with van der Waals surface area (Å²) in [6.45, 7) is 4.73. The van der Waals surface area contributed by atoms with Gasteiger partial charge in [-0.15, -0.1) is 0 Å². The monoisotopic (exact) mass is 258 g/mol. The van der Waals surface area contributed by atoms with E-state index in [0.29, 0.717) is 22.7 Å².